The van der Waals surface area contributed by atoms with E-state index in [-0.39, 0.29) is 23.2 Å². The van der Waals surface area contributed by atoms with Crippen LogP contribution in [-0.4, -0.2) is 36.8 Å². The minimum Gasteiger partial charge on any atom is -0.378 e. The number of alkyl halides is 3. The van der Waals surface area contributed by atoms with Gasteiger partial charge in [-0.15, -0.1) is 0 Å². The molecule has 0 saturated carbocycles. The summed E-state index contributed by atoms with van der Waals surface area (Å²) < 4.78 is 60.5. The van der Waals surface area contributed by atoms with Gasteiger partial charge in [0.1, 0.15) is 11.4 Å². The number of amides is 1. The van der Waals surface area contributed by atoms with Crippen LogP contribution in [0, 0.1) is 5.82 Å². The molecule has 0 unspecified atom stereocenters. The highest BCUT2D eigenvalue weighted by molar-refractivity contribution is 5.97. The summed E-state index contributed by atoms with van der Waals surface area (Å²) in [5.74, 6) is 3.69. The van der Waals surface area contributed by atoms with E-state index in [1.54, 1.807) is 4.90 Å². The molecule has 1 fully saturated rings. The molecule has 7 nitrogen and oxygen atoms in total. The summed E-state index contributed by atoms with van der Waals surface area (Å²) >= 11 is 0. The quantitative estimate of drug-likeness (QED) is 0.268. The second-order valence-electron chi connectivity index (χ2n) is 7.59. The predicted molar refractivity (Wildman–Crippen MR) is 113 cm³/mol. The van der Waals surface area contributed by atoms with Gasteiger partial charge in [0, 0.05) is 31.2 Å². The number of fused-ring (bicyclic) bond motifs is 1. The van der Waals surface area contributed by atoms with Gasteiger partial charge in [-0.05, 0) is 29.8 Å². The number of rotatable bonds is 4. The van der Waals surface area contributed by atoms with Crippen molar-refractivity contribution in [1.29, 1.82) is 0 Å². The summed E-state index contributed by atoms with van der Waals surface area (Å²) in [6, 6.07) is 7.09. The lowest BCUT2D eigenvalue weighted by Crippen LogP contribution is -2.37. The maximum atomic E-state index is 15.0. The fourth-order valence-electron chi connectivity index (χ4n) is 3.81. The SMILES string of the molecule is NNC(=O)c1cn(Cc2ccc(C(F)(F)F)cc2)c2cc(N3CCOCC3)c(F)cc2c1=O. The Balaban J connectivity index is 1.85. The number of morpholine rings is 1. The molecule has 1 aliphatic rings. The standard InChI is InChI=1S/C22H20F4N4O3/c23-17-9-15-18(10-19(17)29-5-7-33-8-6-29)30(12-16(20(15)31)21(32)28-27)11-13-1-3-14(4-2-13)22(24,25)26/h1-4,9-10,12H,5-8,11,27H2,(H,28,32). The minimum atomic E-state index is -4.47. The van der Waals surface area contributed by atoms with Gasteiger partial charge in [0.25, 0.3) is 5.91 Å². The van der Waals surface area contributed by atoms with Crippen molar-refractivity contribution < 1.29 is 27.1 Å². The van der Waals surface area contributed by atoms with Crippen molar-refractivity contribution >= 4 is 22.5 Å². The molecule has 0 bridgehead atoms. The number of pyridine rings is 1. The molecule has 0 aliphatic carbocycles. The molecule has 174 valence electrons. The largest absolute Gasteiger partial charge is 0.416 e. The van der Waals surface area contributed by atoms with Crippen LogP contribution in [0.3, 0.4) is 0 Å². The molecule has 0 radical (unpaired) electrons. The third-order valence-corrected chi connectivity index (χ3v) is 5.51. The maximum Gasteiger partial charge on any atom is 0.416 e. The Hall–Kier alpha value is -3.44. The second-order valence-corrected chi connectivity index (χ2v) is 7.59. The lowest BCUT2D eigenvalue weighted by atomic mass is 10.1. The number of ether oxygens (including phenoxy) is 1. The molecule has 11 heteroatoms. The Morgan fingerprint density at radius 3 is 2.39 bits per heavy atom. The molecule has 3 aromatic rings. The average Bonchev–Trinajstić information content (AvgIpc) is 2.80. The Kier molecular flexibility index (Phi) is 6.09. The van der Waals surface area contributed by atoms with Crippen molar-refractivity contribution in [3.8, 4) is 0 Å². The summed E-state index contributed by atoms with van der Waals surface area (Å²) in [4.78, 5) is 26.8. The van der Waals surface area contributed by atoms with Crippen molar-refractivity contribution in [2.75, 3.05) is 31.2 Å². The average molecular weight is 464 g/mol. The Bertz CT molecular complexity index is 1250. The lowest BCUT2D eigenvalue weighted by molar-refractivity contribution is -0.137. The molecular weight excluding hydrogens is 444 g/mol. The highest BCUT2D eigenvalue weighted by Crippen LogP contribution is 2.30. The van der Waals surface area contributed by atoms with E-state index in [4.69, 9.17) is 10.6 Å². The van der Waals surface area contributed by atoms with Crippen LogP contribution >= 0.6 is 0 Å². The smallest absolute Gasteiger partial charge is 0.378 e. The van der Waals surface area contributed by atoms with E-state index >= 15 is 0 Å². The summed E-state index contributed by atoms with van der Waals surface area (Å²) in [6.07, 6.45) is -3.20. The van der Waals surface area contributed by atoms with Gasteiger partial charge in [-0.25, -0.2) is 10.2 Å². The fraction of sp³-hybridized carbons (Fsp3) is 0.273. The van der Waals surface area contributed by atoms with Crippen molar-refractivity contribution in [2.24, 2.45) is 5.84 Å². The van der Waals surface area contributed by atoms with Crippen LogP contribution in [0.25, 0.3) is 10.9 Å². The van der Waals surface area contributed by atoms with Gasteiger partial charge in [0.15, 0.2) is 0 Å². The van der Waals surface area contributed by atoms with Crippen molar-refractivity contribution in [1.82, 2.24) is 9.99 Å². The molecule has 2 aromatic carbocycles. The van der Waals surface area contributed by atoms with E-state index in [9.17, 15) is 27.2 Å². The first kappa shape index (κ1) is 22.7. The number of aromatic nitrogens is 1. The Morgan fingerprint density at radius 1 is 1.12 bits per heavy atom. The van der Waals surface area contributed by atoms with Gasteiger partial charge in [0.2, 0.25) is 5.43 Å². The Labute approximate surface area is 185 Å². The molecule has 0 atom stereocenters. The zero-order valence-corrected chi connectivity index (χ0v) is 17.3. The van der Waals surface area contributed by atoms with E-state index in [0.29, 0.717) is 37.4 Å². The molecule has 1 aromatic heterocycles. The van der Waals surface area contributed by atoms with Gasteiger partial charge in [-0.1, -0.05) is 12.1 Å². The highest BCUT2D eigenvalue weighted by Gasteiger charge is 2.30. The molecule has 3 N–H and O–H groups in total. The van der Waals surface area contributed by atoms with E-state index in [1.807, 2.05) is 5.43 Å². The van der Waals surface area contributed by atoms with Crippen LogP contribution in [0.1, 0.15) is 21.5 Å². The molecule has 1 amide bonds. The molecule has 33 heavy (non-hydrogen) atoms. The highest BCUT2D eigenvalue weighted by atomic mass is 19.4. The zero-order valence-electron chi connectivity index (χ0n) is 17.3. The topological polar surface area (TPSA) is 89.6 Å². The molecule has 0 spiro atoms. The summed E-state index contributed by atoms with van der Waals surface area (Å²) in [6.45, 7) is 1.79. The van der Waals surface area contributed by atoms with Crippen molar-refractivity contribution in [2.45, 2.75) is 12.7 Å². The number of anilines is 1. The fourth-order valence-corrected chi connectivity index (χ4v) is 3.81. The van der Waals surface area contributed by atoms with E-state index < -0.39 is 28.9 Å². The number of nitrogens with zero attached hydrogens (tertiary/aromatic N) is 2. The summed E-state index contributed by atoms with van der Waals surface area (Å²) in [5, 5.41) is -0.0440. The van der Waals surface area contributed by atoms with Crippen LogP contribution in [0.2, 0.25) is 0 Å². The van der Waals surface area contributed by atoms with Crippen LogP contribution in [0.5, 0.6) is 0 Å². The van der Waals surface area contributed by atoms with Crippen molar-refractivity contribution in [3.05, 3.63) is 75.3 Å². The van der Waals surface area contributed by atoms with Crippen LogP contribution in [0.4, 0.5) is 23.2 Å². The molecule has 2 heterocycles. The molecular formula is C22H20F4N4O3. The molecule has 1 aliphatic heterocycles. The number of halogens is 4. The monoisotopic (exact) mass is 464 g/mol. The number of nitrogens with one attached hydrogen (secondary N) is 1. The van der Waals surface area contributed by atoms with E-state index in [0.717, 1.165) is 18.2 Å². The summed E-state index contributed by atoms with van der Waals surface area (Å²) in [7, 11) is 0. The van der Waals surface area contributed by atoms with Gasteiger partial charge in [-0.2, -0.15) is 13.2 Å². The molecule has 1 saturated heterocycles. The third-order valence-electron chi connectivity index (χ3n) is 5.51. The maximum absolute atomic E-state index is 15.0. The normalized spacial score (nSPS) is 14.5. The lowest BCUT2D eigenvalue weighted by Gasteiger charge is -2.29. The van der Waals surface area contributed by atoms with Crippen molar-refractivity contribution in [3.63, 3.8) is 0 Å². The number of carbonyl (C=O) groups excluding carboxylic acids is 1. The van der Waals surface area contributed by atoms with Gasteiger partial charge in [0.05, 0.1) is 30.0 Å². The number of hydrazine groups is 1. The van der Waals surface area contributed by atoms with E-state index in [1.165, 1.54) is 29.0 Å². The minimum absolute atomic E-state index is 0.0357. The van der Waals surface area contributed by atoms with Crippen LogP contribution in [0.15, 0.2) is 47.4 Å². The third kappa shape index (κ3) is 4.55. The van der Waals surface area contributed by atoms with E-state index in [2.05, 4.69) is 0 Å². The zero-order chi connectivity index (χ0) is 23.8. The number of benzene rings is 2. The molecule has 4 rings (SSSR count). The second kappa shape index (κ2) is 8.83. The predicted octanol–water partition coefficient (Wildman–Crippen LogP) is 2.65. The van der Waals surface area contributed by atoms with Crippen LogP contribution in [-0.2, 0) is 17.5 Å². The first-order chi connectivity index (χ1) is 15.7. The van der Waals surface area contributed by atoms with Crippen LogP contribution < -0.4 is 21.6 Å². The number of nitrogen functional groups attached to an aromatic ring is 1. The number of hydrogen-bond donors (Lipinski definition) is 2. The summed E-state index contributed by atoms with van der Waals surface area (Å²) in [5.41, 5.74) is 1.16. The first-order valence-corrected chi connectivity index (χ1v) is 10.1. The van der Waals surface area contributed by atoms with Gasteiger partial charge < -0.3 is 14.2 Å². The van der Waals surface area contributed by atoms with Gasteiger partial charge >= 0.3 is 6.18 Å². The van der Waals surface area contributed by atoms with Gasteiger partial charge in [-0.3, -0.25) is 15.0 Å². The number of carbonyl (C=O) groups is 1. The number of nitrogens with two attached hydrogens (primary N) is 1. The number of hydrogen-bond acceptors (Lipinski definition) is 5. The first-order valence-electron chi connectivity index (χ1n) is 10.1. The Morgan fingerprint density at radius 2 is 1.79 bits per heavy atom.